The van der Waals surface area contributed by atoms with Crippen molar-refractivity contribution in [2.45, 2.75) is 11.4 Å². The van der Waals surface area contributed by atoms with Crippen molar-refractivity contribution >= 4 is 15.7 Å². The van der Waals surface area contributed by atoms with Gasteiger partial charge in [-0.05, 0) is 31.3 Å². The van der Waals surface area contributed by atoms with Crippen molar-refractivity contribution in [3.05, 3.63) is 36.4 Å². The third kappa shape index (κ3) is 3.30. The maximum atomic E-state index is 11.5. The Hall–Kier alpha value is -1.93. The summed E-state index contributed by atoms with van der Waals surface area (Å²) in [4.78, 5) is 4.32. The quantitative estimate of drug-likeness (QED) is 0.824. The molecule has 0 bridgehead atoms. The van der Waals surface area contributed by atoms with Crippen LogP contribution in [0.4, 0.5) is 5.69 Å². The average molecular weight is 281 g/mol. The van der Waals surface area contributed by atoms with Gasteiger partial charge in [0.05, 0.1) is 11.4 Å². The molecule has 7 nitrogen and oxygen atoms in total. The summed E-state index contributed by atoms with van der Waals surface area (Å²) >= 11 is 0. The van der Waals surface area contributed by atoms with Gasteiger partial charge in [-0.1, -0.05) is 0 Å². The largest absolute Gasteiger partial charge is 0.378 e. The molecule has 1 heterocycles. The number of anilines is 1. The second-order valence-electron chi connectivity index (χ2n) is 3.92. The second-order valence-corrected chi connectivity index (χ2v) is 5.81. The van der Waals surface area contributed by atoms with Gasteiger partial charge in [-0.15, -0.1) is 0 Å². The summed E-state index contributed by atoms with van der Waals surface area (Å²) in [6, 6.07) is 6.49. The van der Waals surface area contributed by atoms with Crippen LogP contribution in [0.1, 0.15) is 5.82 Å². The summed E-state index contributed by atoms with van der Waals surface area (Å²) in [6.45, 7) is 0.485. The van der Waals surface area contributed by atoms with E-state index in [4.69, 9.17) is 0 Å². The van der Waals surface area contributed by atoms with E-state index >= 15 is 0 Å². The third-order valence-electron chi connectivity index (χ3n) is 2.53. The average Bonchev–Trinajstić information content (AvgIpc) is 2.83. The van der Waals surface area contributed by atoms with Crippen LogP contribution in [0.15, 0.2) is 35.5 Å². The molecule has 0 spiro atoms. The van der Waals surface area contributed by atoms with Crippen molar-refractivity contribution < 1.29 is 8.42 Å². The predicted octanol–water partition coefficient (Wildman–Crippen LogP) is 0.335. The number of rotatable bonds is 5. The van der Waals surface area contributed by atoms with E-state index in [-0.39, 0.29) is 4.90 Å². The highest BCUT2D eigenvalue weighted by Crippen LogP contribution is 2.14. The number of aryl methyl sites for hydroxylation is 1. The lowest BCUT2D eigenvalue weighted by molar-refractivity contribution is 0.588. The van der Waals surface area contributed by atoms with Gasteiger partial charge >= 0.3 is 0 Å². The zero-order chi connectivity index (χ0) is 13.9. The van der Waals surface area contributed by atoms with Gasteiger partial charge in [-0.25, -0.2) is 18.1 Å². The molecule has 0 aliphatic carbocycles. The summed E-state index contributed by atoms with van der Waals surface area (Å²) in [5.74, 6) is 0.675. The molecule has 102 valence electrons. The van der Waals surface area contributed by atoms with Gasteiger partial charge in [-0.3, -0.25) is 4.68 Å². The molecule has 0 radical (unpaired) electrons. The first-order chi connectivity index (χ1) is 9.01. The van der Waals surface area contributed by atoms with Crippen LogP contribution in [-0.4, -0.2) is 30.2 Å². The fourth-order valence-electron chi connectivity index (χ4n) is 1.52. The summed E-state index contributed by atoms with van der Waals surface area (Å²) in [5, 5.41) is 7.25. The second kappa shape index (κ2) is 5.37. The Morgan fingerprint density at radius 3 is 2.47 bits per heavy atom. The Morgan fingerprint density at radius 1 is 1.26 bits per heavy atom. The molecule has 2 rings (SSSR count). The lowest BCUT2D eigenvalue weighted by Gasteiger charge is -2.06. The first-order valence-corrected chi connectivity index (χ1v) is 7.11. The molecular formula is C11H15N5O2S. The Balaban J connectivity index is 2.03. The van der Waals surface area contributed by atoms with E-state index in [1.807, 2.05) is 0 Å². The number of nitrogens with zero attached hydrogens (tertiary/aromatic N) is 3. The Kier molecular flexibility index (Phi) is 3.82. The number of benzene rings is 1. The molecular weight excluding hydrogens is 266 g/mol. The van der Waals surface area contributed by atoms with Crippen LogP contribution >= 0.6 is 0 Å². The van der Waals surface area contributed by atoms with Gasteiger partial charge < -0.3 is 5.32 Å². The van der Waals surface area contributed by atoms with Crippen LogP contribution in [0.2, 0.25) is 0 Å². The molecule has 19 heavy (non-hydrogen) atoms. The third-order valence-corrected chi connectivity index (χ3v) is 3.96. The number of sulfonamides is 1. The van der Waals surface area contributed by atoms with Crippen molar-refractivity contribution in [1.29, 1.82) is 0 Å². The predicted molar refractivity (Wildman–Crippen MR) is 71.0 cm³/mol. The Labute approximate surface area is 111 Å². The number of hydrogen-bond donors (Lipinski definition) is 2. The van der Waals surface area contributed by atoms with E-state index in [1.54, 1.807) is 42.3 Å². The van der Waals surface area contributed by atoms with Crippen LogP contribution in [0, 0.1) is 0 Å². The number of aromatic nitrogens is 3. The first-order valence-electron chi connectivity index (χ1n) is 5.63. The summed E-state index contributed by atoms with van der Waals surface area (Å²) < 4.78 is 27.0. The molecule has 1 aromatic carbocycles. The zero-order valence-electron chi connectivity index (χ0n) is 10.7. The fourth-order valence-corrected chi connectivity index (χ4v) is 2.25. The van der Waals surface area contributed by atoms with Crippen molar-refractivity contribution in [3.8, 4) is 0 Å². The van der Waals surface area contributed by atoms with Crippen LogP contribution in [0.5, 0.6) is 0 Å². The highest BCUT2D eigenvalue weighted by Gasteiger charge is 2.10. The van der Waals surface area contributed by atoms with Gasteiger partial charge in [0.25, 0.3) is 0 Å². The van der Waals surface area contributed by atoms with Gasteiger partial charge in [-0.2, -0.15) is 5.10 Å². The molecule has 0 aliphatic rings. The molecule has 2 aromatic rings. The molecule has 0 saturated carbocycles. The maximum Gasteiger partial charge on any atom is 0.240 e. The molecule has 0 atom stereocenters. The van der Waals surface area contributed by atoms with Gasteiger partial charge in [0.1, 0.15) is 6.33 Å². The summed E-state index contributed by atoms with van der Waals surface area (Å²) in [5.41, 5.74) is 0.808. The molecule has 0 unspecified atom stereocenters. The van der Waals surface area contributed by atoms with Crippen LogP contribution in [-0.2, 0) is 23.6 Å². The highest BCUT2D eigenvalue weighted by molar-refractivity contribution is 7.89. The van der Waals surface area contributed by atoms with E-state index in [2.05, 4.69) is 20.1 Å². The van der Waals surface area contributed by atoms with Crippen molar-refractivity contribution in [2.24, 2.45) is 7.05 Å². The van der Waals surface area contributed by atoms with Crippen LogP contribution < -0.4 is 10.0 Å². The summed E-state index contributed by atoms with van der Waals surface area (Å²) in [7, 11) is -0.202. The normalized spacial score (nSPS) is 11.5. The minimum atomic E-state index is -3.38. The monoisotopic (exact) mass is 281 g/mol. The van der Waals surface area contributed by atoms with Crippen molar-refractivity contribution in [1.82, 2.24) is 19.5 Å². The van der Waals surface area contributed by atoms with Crippen LogP contribution in [0.3, 0.4) is 0 Å². The topological polar surface area (TPSA) is 88.9 Å². The van der Waals surface area contributed by atoms with E-state index in [0.29, 0.717) is 12.4 Å². The van der Waals surface area contributed by atoms with E-state index < -0.39 is 10.0 Å². The molecule has 0 aliphatic heterocycles. The van der Waals surface area contributed by atoms with Gasteiger partial charge in [0, 0.05) is 12.7 Å². The first kappa shape index (κ1) is 13.5. The van der Waals surface area contributed by atoms with Crippen molar-refractivity contribution in [2.75, 3.05) is 12.4 Å². The number of nitrogens with one attached hydrogen (secondary N) is 2. The lowest BCUT2D eigenvalue weighted by Crippen LogP contribution is -2.18. The molecule has 2 N–H and O–H groups in total. The maximum absolute atomic E-state index is 11.5. The molecule has 8 heteroatoms. The minimum Gasteiger partial charge on any atom is -0.378 e. The molecule has 0 saturated heterocycles. The van der Waals surface area contributed by atoms with Crippen LogP contribution in [0.25, 0.3) is 0 Å². The highest BCUT2D eigenvalue weighted by atomic mass is 32.2. The zero-order valence-corrected chi connectivity index (χ0v) is 11.5. The molecule has 1 aromatic heterocycles. The standard InChI is InChI=1S/C11H15N5O2S/c1-12-19(17,18)10-5-3-9(4-6-10)13-7-11-14-8-16(2)15-11/h3-6,8,12-13H,7H2,1-2H3. The van der Waals surface area contributed by atoms with E-state index in [9.17, 15) is 8.42 Å². The SMILES string of the molecule is CNS(=O)(=O)c1ccc(NCc2ncn(C)n2)cc1. The smallest absolute Gasteiger partial charge is 0.240 e. The molecule has 0 amide bonds. The van der Waals surface area contributed by atoms with Crippen molar-refractivity contribution in [3.63, 3.8) is 0 Å². The van der Waals surface area contributed by atoms with E-state index in [0.717, 1.165) is 5.69 Å². The molecule has 0 fully saturated rings. The minimum absolute atomic E-state index is 0.233. The summed E-state index contributed by atoms with van der Waals surface area (Å²) in [6.07, 6.45) is 1.62. The van der Waals surface area contributed by atoms with E-state index in [1.165, 1.54) is 7.05 Å². The Morgan fingerprint density at radius 2 is 1.95 bits per heavy atom. The van der Waals surface area contributed by atoms with Gasteiger partial charge in [0.2, 0.25) is 10.0 Å². The lowest BCUT2D eigenvalue weighted by atomic mass is 10.3. The fraction of sp³-hybridized carbons (Fsp3) is 0.273. The van der Waals surface area contributed by atoms with Gasteiger partial charge in [0.15, 0.2) is 5.82 Å². The Bertz CT molecular complexity index is 648. The number of hydrogen-bond acceptors (Lipinski definition) is 5.